The van der Waals surface area contributed by atoms with E-state index in [-0.39, 0.29) is 6.42 Å². The highest BCUT2D eigenvalue weighted by molar-refractivity contribution is 7.99. The Hall–Kier alpha value is -1.22. The molecule has 0 fully saturated rings. The standard InChI is InChI=1S/C12H14O2S/c1-2-3-8-15-11-6-4-10(5-7-11)9-12(13)14/h2,4-7H,1,3,8-9H2,(H,13,14). The normalized spacial score (nSPS) is 9.87. The van der Waals surface area contributed by atoms with Crippen LogP contribution in [0.2, 0.25) is 0 Å². The quantitative estimate of drug-likeness (QED) is 0.457. The van der Waals surface area contributed by atoms with Crippen LogP contribution in [0.15, 0.2) is 41.8 Å². The van der Waals surface area contributed by atoms with Crippen molar-refractivity contribution in [2.45, 2.75) is 17.7 Å². The monoisotopic (exact) mass is 222 g/mol. The number of hydrogen-bond acceptors (Lipinski definition) is 2. The van der Waals surface area contributed by atoms with Crippen LogP contribution in [0.1, 0.15) is 12.0 Å². The summed E-state index contributed by atoms with van der Waals surface area (Å²) in [4.78, 5) is 11.6. The molecule has 0 radical (unpaired) electrons. The number of allylic oxidation sites excluding steroid dienone is 1. The summed E-state index contributed by atoms with van der Waals surface area (Å²) in [6.07, 6.45) is 2.98. The lowest BCUT2D eigenvalue weighted by atomic mass is 10.2. The molecule has 0 aliphatic rings. The fourth-order valence-corrected chi connectivity index (χ4v) is 1.99. The minimum atomic E-state index is -0.790. The van der Waals surface area contributed by atoms with E-state index < -0.39 is 5.97 Å². The summed E-state index contributed by atoms with van der Waals surface area (Å²) in [5, 5.41) is 8.59. The maximum Gasteiger partial charge on any atom is 0.307 e. The van der Waals surface area contributed by atoms with Crippen LogP contribution >= 0.6 is 11.8 Å². The SMILES string of the molecule is C=CCCSc1ccc(CC(=O)O)cc1. The lowest BCUT2D eigenvalue weighted by Crippen LogP contribution is -1.99. The van der Waals surface area contributed by atoms with Crippen LogP contribution in [0.3, 0.4) is 0 Å². The molecule has 1 aromatic rings. The number of benzene rings is 1. The summed E-state index contributed by atoms with van der Waals surface area (Å²) in [5.41, 5.74) is 0.843. The van der Waals surface area contributed by atoms with Crippen LogP contribution in [0.25, 0.3) is 0 Å². The van der Waals surface area contributed by atoms with Crippen molar-refractivity contribution in [3.8, 4) is 0 Å². The third-order valence-corrected chi connectivity index (χ3v) is 2.91. The zero-order chi connectivity index (χ0) is 11.1. The van der Waals surface area contributed by atoms with E-state index >= 15 is 0 Å². The van der Waals surface area contributed by atoms with Crippen molar-refractivity contribution in [2.75, 3.05) is 5.75 Å². The van der Waals surface area contributed by atoms with Gasteiger partial charge in [-0.05, 0) is 24.1 Å². The summed E-state index contributed by atoms with van der Waals surface area (Å²) >= 11 is 1.75. The molecule has 0 atom stereocenters. The van der Waals surface area contributed by atoms with Crippen molar-refractivity contribution < 1.29 is 9.90 Å². The van der Waals surface area contributed by atoms with E-state index in [0.717, 1.165) is 17.7 Å². The van der Waals surface area contributed by atoms with Gasteiger partial charge in [-0.1, -0.05) is 18.2 Å². The predicted molar refractivity (Wildman–Crippen MR) is 63.3 cm³/mol. The van der Waals surface area contributed by atoms with E-state index in [4.69, 9.17) is 5.11 Å². The molecule has 0 saturated heterocycles. The van der Waals surface area contributed by atoms with Crippen LogP contribution in [-0.4, -0.2) is 16.8 Å². The van der Waals surface area contributed by atoms with E-state index in [1.165, 1.54) is 4.90 Å². The minimum absolute atomic E-state index is 0.0948. The fraction of sp³-hybridized carbons (Fsp3) is 0.250. The van der Waals surface area contributed by atoms with Crippen LogP contribution < -0.4 is 0 Å². The zero-order valence-electron chi connectivity index (χ0n) is 8.48. The number of carboxylic acids is 1. The molecule has 0 aliphatic carbocycles. The summed E-state index contributed by atoms with van der Waals surface area (Å²) in [5.74, 6) is 0.226. The van der Waals surface area contributed by atoms with Gasteiger partial charge in [0.05, 0.1) is 6.42 Å². The van der Waals surface area contributed by atoms with Crippen molar-refractivity contribution in [1.29, 1.82) is 0 Å². The summed E-state index contributed by atoms with van der Waals surface area (Å²) < 4.78 is 0. The van der Waals surface area contributed by atoms with Gasteiger partial charge in [-0.15, -0.1) is 18.3 Å². The number of hydrogen-bond donors (Lipinski definition) is 1. The second-order valence-electron chi connectivity index (χ2n) is 3.14. The number of rotatable bonds is 6. The Morgan fingerprint density at radius 1 is 1.40 bits per heavy atom. The van der Waals surface area contributed by atoms with Crippen molar-refractivity contribution >= 4 is 17.7 Å². The first-order chi connectivity index (χ1) is 7.22. The highest BCUT2D eigenvalue weighted by Crippen LogP contribution is 2.19. The van der Waals surface area contributed by atoms with Gasteiger partial charge in [0, 0.05) is 10.6 Å². The average molecular weight is 222 g/mol. The van der Waals surface area contributed by atoms with Gasteiger partial charge in [-0.25, -0.2) is 0 Å². The van der Waals surface area contributed by atoms with Gasteiger partial charge in [0.15, 0.2) is 0 Å². The van der Waals surface area contributed by atoms with Gasteiger partial charge >= 0.3 is 5.97 Å². The van der Waals surface area contributed by atoms with Crippen molar-refractivity contribution in [2.24, 2.45) is 0 Å². The van der Waals surface area contributed by atoms with E-state index in [1.54, 1.807) is 11.8 Å². The number of carboxylic acid groups (broad SMARTS) is 1. The molecule has 15 heavy (non-hydrogen) atoms. The molecule has 0 amide bonds. The van der Waals surface area contributed by atoms with E-state index in [1.807, 2.05) is 30.3 Å². The lowest BCUT2D eigenvalue weighted by molar-refractivity contribution is -0.136. The van der Waals surface area contributed by atoms with Crippen LogP contribution in [0, 0.1) is 0 Å². The molecule has 80 valence electrons. The Balaban J connectivity index is 2.48. The average Bonchev–Trinajstić information content (AvgIpc) is 2.20. The van der Waals surface area contributed by atoms with Crippen LogP contribution in [0.5, 0.6) is 0 Å². The molecule has 1 rings (SSSR count). The zero-order valence-corrected chi connectivity index (χ0v) is 9.30. The second-order valence-corrected chi connectivity index (χ2v) is 4.31. The molecule has 0 saturated carbocycles. The largest absolute Gasteiger partial charge is 0.481 e. The molecule has 0 aliphatic heterocycles. The summed E-state index contributed by atoms with van der Waals surface area (Å²) in [6.45, 7) is 3.66. The van der Waals surface area contributed by atoms with Crippen molar-refractivity contribution in [3.05, 3.63) is 42.5 Å². The first-order valence-corrected chi connectivity index (χ1v) is 5.75. The van der Waals surface area contributed by atoms with Gasteiger partial charge in [0.2, 0.25) is 0 Å². The third kappa shape index (κ3) is 4.70. The van der Waals surface area contributed by atoms with Crippen molar-refractivity contribution in [3.63, 3.8) is 0 Å². The molecule has 0 bridgehead atoms. The van der Waals surface area contributed by atoms with Crippen LogP contribution in [-0.2, 0) is 11.2 Å². The molecular formula is C12H14O2S. The molecule has 0 spiro atoms. The van der Waals surface area contributed by atoms with Gasteiger partial charge in [0.1, 0.15) is 0 Å². The molecule has 1 N–H and O–H groups in total. The van der Waals surface area contributed by atoms with Gasteiger partial charge in [0.25, 0.3) is 0 Å². The van der Waals surface area contributed by atoms with E-state index in [2.05, 4.69) is 6.58 Å². The highest BCUT2D eigenvalue weighted by Gasteiger charge is 2.00. The van der Waals surface area contributed by atoms with Crippen molar-refractivity contribution in [1.82, 2.24) is 0 Å². The van der Waals surface area contributed by atoms with E-state index in [0.29, 0.717) is 0 Å². The molecule has 1 aromatic carbocycles. The Labute approximate surface area is 94.0 Å². The fourth-order valence-electron chi connectivity index (χ4n) is 1.14. The minimum Gasteiger partial charge on any atom is -0.481 e. The number of carbonyl (C=O) groups is 1. The Kier molecular flexibility index (Phi) is 4.98. The molecule has 0 unspecified atom stereocenters. The Morgan fingerprint density at radius 3 is 2.60 bits per heavy atom. The molecule has 2 nitrogen and oxygen atoms in total. The Morgan fingerprint density at radius 2 is 2.07 bits per heavy atom. The Bertz CT molecular complexity index is 330. The third-order valence-electron chi connectivity index (χ3n) is 1.87. The topological polar surface area (TPSA) is 37.3 Å². The first kappa shape index (κ1) is 11.9. The van der Waals surface area contributed by atoms with Gasteiger partial charge in [-0.3, -0.25) is 4.79 Å². The first-order valence-electron chi connectivity index (χ1n) is 4.77. The maximum atomic E-state index is 10.4. The summed E-state index contributed by atoms with van der Waals surface area (Å²) in [7, 11) is 0. The van der Waals surface area contributed by atoms with Gasteiger partial charge in [-0.2, -0.15) is 0 Å². The predicted octanol–water partition coefficient (Wildman–Crippen LogP) is 2.98. The number of thioether (sulfide) groups is 1. The molecule has 0 aromatic heterocycles. The highest BCUT2D eigenvalue weighted by atomic mass is 32.2. The maximum absolute atomic E-state index is 10.4. The second kappa shape index (κ2) is 6.30. The van der Waals surface area contributed by atoms with Crippen LogP contribution in [0.4, 0.5) is 0 Å². The van der Waals surface area contributed by atoms with Gasteiger partial charge < -0.3 is 5.11 Å². The smallest absolute Gasteiger partial charge is 0.307 e. The molecular weight excluding hydrogens is 208 g/mol. The van der Waals surface area contributed by atoms with E-state index in [9.17, 15) is 4.79 Å². The lowest BCUT2D eigenvalue weighted by Gasteiger charge is -2.01. The summed E-state index contributed by atoms with van der Waals surface area (Å²) in [6, 6.07) is 7.66. The molecule has 3 heteroatoms. The number of aliphatic carboxylic acids is 1. The molecule has 0 heterocycles.